The van der Waals surface area contributed by atoms with E-state index in [4.69, 9.17) is 4.74 Å². The summed E-state index contributed by atoms with van der Waals surface area (Å²) in [5.74, 6) is 2.68. The maximum absolute atomic E-state index is 5.63. The van der Waals surface area contributed by atoms with Crippen LogP contribution in [0.25, 0.3) is 0 Å². The van der Waals surface area contributed by atoms with Gasteiger partial charge in [0.05, 0.1) is 7.11 Å². The summed E-state index contributed by atoms with van der Waals surface area (Å²) in [5.41, 5.74) is 2.99. The topological polar surface area (TPSA) is 21.3 Å². The van der Waals surface area contributed by atoms with E-state index in [0.717, 1.165) is 30.7 Å². The van der Waals surface area contributed by atoms with E-state index < -0.39 is 0 Å². The second kappa shape index (κ2) is 6.17. The number of ether oxygens (including phenoxy) is 1. The second-order valence-corrected chi connectivity index (χ2v) is 6.68. The van der Waals surface area contributed by atoms with Gasteiger partial charge in [0.1, 0.15) is 5.75 Å². The molecule has 1 aliphatic rings. The number of hydrogen-bond donors (Lipinski definition) is 1. The molecular formula is C18H29NO. The lowest BCUT2D eigenvalue weighted by molar-refractivity contribution is 0.0957. The van der Waals surface area contributed by atoms with E-state index in [9.17, 15) is 0 Å². The summed E-state index contributed by atoms with van der Waals surface area (Å²) < 4.78 is 5.63. The predicted octanol–water partition coefficient (Wildman–Crippen LogP) is 3.92. The molecule has 0 radical (unpaired) electrons. The molecular weight excluding hydrogens is 246 g/mol. The van der Waals surface area contributed by atoms with Crippen molar-refractivity contribution in [3.8, 4) is 5.75 Å². The van der Waals surface area contributed by atoms with Crippen LogP contribution in [-0.2, 0) is 5.41 Å². The lowest BCUT2D eigenvalue weighted by Gasteiger charge is -2.50. The van der Waals surface area contributed by atoms with E-state index >= 15 is 0 Å². The monoisotopic (exact) mass is 275 g/mol. The molecule has 2 rings (SSSR count). The summed E-state index contributed by atoms with van der Waals surface area (Å²) in [5, 5.41) is 3.56. The fourth-order valence-corrected chi connectivity index (χ4v) is 3.48. The zero-order chi connectivity index (χ0) is 14.8. The van der Waals surface area contributed by atoms with Gasteiger partial charge in [0.25, 0.3) is 0 Å². The number of rotatable bonds is 6. The van der Waals surface area contributed by atoms with Crippen molar-refractivity contribution in [1.82, 2.24) is 5.32 Å². The number of methoxy groups -OCH3 is 1. The highest BCUT2D eigenvalue weighted by Gasteiger charge is 2.47. The lowest BCUT2D eigenvalue weighted by Crippen LogP contribution is -2.50. The standard InChI is InChI=1S/C18H29NO/c1-6-19-12-18(10-15(11-18)13(2)3)16-9-14(4)7-8-17(16)20-5/h7-9,13,15,19H,6,10-12H2,1-5H3. The van der Waals surface area contributed by atoms with E-state index in [-0.39, 0.29) is 5.41 Å². The molecule has 1 saturated carbocycles. The minimum Gasteiger partial charge on any atom is -0.496 e. The molecule has 1 aliphatic carbocycles. The van der Waals surface area contributed by atoms with Crippen molar-refractivity contribution in [2.75, 3.05) is 20.2 Å². The average molecular weight is 275 g/mol. The minimum atomic E-state index is 0.266. The van der Waals surface area contributed by atoms with Gasteiger partial charge in [-0.1, -0.05) is 38.5 Å². The average Bonchev–Trinajstić information content (AvgIpc) is 2.37. The minimum absolute atomic E-state index is 0.266. The molecule has 0 atom stereocenters. The van der Waals surface area contributed by atoms with Crippen molar-refractivity contribution in [2.45, 2.75) is 46.0 Å². The van der Waals surface area contributed by atoms with Crippen LogP contribution in [0, 0.1) is 18.8 Å². The number of likely N-dealkylation sites (N-methyl/N-ethyl adjacent to an activating group) is 1. The molecule has 2 nitrogen and oxygen atoms in total. The third-order valence-corrected chi connectivity index (χ3v) is 4.89. The third-order valence-electron chi connectivity index (χ3n) is 4.89. The Morgan fingerprint density at radius 2 is 2.05 bits per heavy atom. The van der Waals surface area contributed by atoms with Crippen molar-refractivity contribution < 1.29 is 4.74 Å². The quantitative estimate of drug-likeness (QED) is 0.849. The van der Waals surface area contributed by atoms with Gasteiger partial charge in [-0.25, -0.2) is 0 Å². The van der Waals surface area contributed by atoms with Gasteiger partial charge in [-0.3, -0.25) is 0 Å². The molecule has 0 amide bonds. The lowest BCUT2D eigenvalue weighted by atomic mass is 9.55. The SMILES string of the molecule is CCNCC1(c2cc(C)ccc2OC)CC(C(C)C)C1. The molecule has 0 spiro atoms. The Morgan fingerprint density at radius 3 is 2.60 bits per heavy atom. The highest BCUT2D eigenvalue weighted by Crippen LogP contribution is 2.52. The van der Waals surface area contributed by atoms with Gasteiger partial charge >= 0.3 is 0 Å². The van der Waals surface area contributed by atoms with Gasteiger partial charge in [-0.05, 0) is 44.2 Å². The first kappa shape index (κ1) is 15.4. The normalized spacial score (nSPS) is 25.6. The smallest absolute Gasteiger partial charge is 0.122 e. The van der Waals surface area contributed by atoms with Crippen LogP contribution in [0.15, 0.2) is 18.2 Å². The van der Waals surface area contributed by atoms with Crippen LogP contribution in [0.2, 0.25) is 0 Å². The number of benzene rings is 1. The van der Waals surface area contributed by atoms with E-state index in [1.165, 1.54) is 24.0 Å². The highest BCUT2D eigenvalue weighted by molar-refractivity contribution is 5.44. The zero-order valence-corrected chi connectivity index (χ0v) is 13.6. The summed E-state index contributed by atoms with van der Waals surface area (Å²) in [6.45, 7) is 11.1. The summed E-state index contributed by atoms with van der Waals surface area (Å²) in [7, 11) is 1.79. The largest absolute Gasteiger partial charge is 0.496 e. The molecule has 0 saturated heterocycles. The first-order valence-corrected chi connectivity index (χ1v) is 7.88. The van der Waals surface area contributed by atoms with Gasteiger partial charge in [-0.15, -0.1) is 0 Å². The van der Waals surface area contributed by atoms with E-state index in [2.05, 4.69) is 51.2 Å². The molecule has 1 fully saturated rings. The van der Waals surface area contributed by atoms with Gasteiger partial charge in [-0.2, -0.15) is 0 Å². The molecule has 0 bridgehead atoms. The Hall–Kier alpha value is -1.02. The zero-order valence-electron chi connectivity index (χ0n) is 13.6. The fourth-order valence-electron chi connectivity index (χ4n) is 3.48. The van der Waals surface area contributed by atoms with E-state index in [0.29, 0.717) is 0 Å². The van der Waals surface area contributed by atoms with Gasteiger partial charge in [0.2, 0.25) is 0 Å². The predicted molar refractivity (Wildman–Crippen MR) is 85.5 cm³/mol. The maximum Gasteiger partial charge on any atom is 0.122 e. The molecule has 0 aliphatic heterocycles. The summed E-state index contributed by atoms with van der Waals surface area (Å²) in [6.07, 6.45) is 2.55. The molecule has 1 aromatic carbocycles. The highest BCUT2D eigenvalue weighted by atomic mass is 16.5. The van der Waals surface area contributed by atoms with Crippen LogP contribution in [-0.4, -0.2) is 20.2 Å². The summed E-state index contributed by atoms with van der Waals surface area (Å²) >= 11 is 0. The Balaban J connectivity index is 2.30. The van der Waals surface area contributed by atoms with Gasteiger partial charge in [0, 0.05) is 17.5 Å². The molecule has 1 aromatic rings. The van der Waals surface area contributed by atoms with Crippen LogP contribution in [0.5, 0.6) is 5.75 Å². The summed E-state index contributed by atoms with van der Waals surface area (Å²) in [4.78, 5) is 0. The van der Waals surface area contributed by atoms with Crippen molar-refractivity contribution in [3.63, 3.8) is 0 Å². The van der Waals surface area contributed by atoms with Crippen molar-refractivity contribution in [2.24, 2.45) is 11.8 Å². The van der Waals surface area contributed by atoms with Crippen molar-refractivity contribution in [1.29, 1.82) is 0 Å². The number of nitrogens with one attached hydrogen (secondary N) is 1. The number of aryl methyl sites for hydroxylation is 1. The second-order valence-electron chi connectivity index (χ2n) is 6.68. The van der Waals surface area contributed by atoms with Crippen LogP contribution in [0.3, 0.4) is 0 Å². The molecule has 1 N–H and O–H groups in total. The first-order chi connectivity index (χ1) is 9.52. The number of hydrogen-bond acceptors (Lipinski definition) is 2. The Morgan fingerprint density at radius 1 is 1.35 bits per heavy atom. The molecule has 0 heterocycles. The molecule has 2 heteroatoms. The van der Waals surface area contributed by atoms with Crippen LogP contribution < -0.4 is 10.1 Å². The molecule has 0 unspecified atom stereocenters. The summed E-state index contributed by atoms with van der Waals surface area (Å²) in [6, 6.07) is 6.59. The molecule has 0 aromatic heterocycles. The van der Waals surface area contributed by atoms with Gasteiger partial charge < -0.3 is 10.1 Å². The van der Waals surface area contributed by atoms with Crippen LogP contribution >= 0.6 is 0 Å². The third kappa shape index (κ3) is 2.85. The maximum atomic E-state index is 5.63. The Kier molecular flexibility index (Phi) is 4.74. The van der Waals surface area contributed by atoms with Gasteiger partial charge in [0.15, 0.2) is 0 Å². The Bertz CT molecular complexity index is 447. The van der Waals surface area contributed by atoms with Crippen LogP contribution in [0.4, 0.5) is 0 Å². The van der Waals surface area contributed by atoms with E-state index in [1.807, 2.05) is 0 Å². The molecule has 20 heavy (non-hydrogen) atoms. The van der Waals surface area contributed by atoms with Crippen molar-refractivity contribution in [3.05, 3.63) is 29.3 Å². The first-order valence-electron chi connectivity index (χ1n) is 7.88. The van der Waals surface area contributed by atoms with E-state index in [1.54, 1.807) is 7.11 Å². The molecule has 112 valence electrons. The fraction of sp³-hybridized carbons (Fsp3) is 0.667. The van der Waals surface area contributed by atoms with Crippen molar-refractivity contribution >= 4 is 0 Å². The Labute approximate surface area is 123 Å². The van der Waals surface area contributed by atoms with Crippen LogP contribution in [0.1, 0.15) is 44.7 Å².